The van der Waals surface area contributed by atoms with Gasteiger partial charge in [0.15, 0.2) is 5.65 Å². The average molecular weight is 374 g/mol. The Hall–Kier alpha value is -2.99. The highest BCUT2D eigenvalue weighted by molar-refractivity contribution is 6.06. The highest BCUT2D eigenvalue weighted by atomic mass is 16.5. The van der Waals surface area contributed by atoms with Crippen LogP contribution < -0.4 is 5.32 Å². The number of hydrogen-bond acceptors (Lipinski definition) is 4. The molecule has 4 aromatic rings. The van der Waals surface area contributed by atoms with Crippen molar-refractivity contribution in [3.8, 4) is 0 Å². The standard InChI is InChI=1S/C22H22N4O2/c27-20(23-14-15-6-5-13-28-15)11-12-26-19-10-4-1-7-16(19)21-22(26)25-18-9-3-2-8-17(18)24-21/h1-4,7-10,15H,5-6,11-14H2,(H,23,27). The molecule has 2 aromatic carbocycles. The second-order valence-electron chi connectivity index (χ2n) is 7.24. The summed E-state index contributed by atoms with van der Waals surface area (Å²) in [4.78, 5) is 22.1. The molecule has 0 bridgehead atoms. The number of hydrogen-bond donors (Lipinski definition) is 1. The molecule has 3 heterocycles. The second kappa shape index (κ2) is 7.20. The zero-order valence-electron chi connectivity index (χ0n) is 15.6. The fourth-order valence-electron chi connectivity index (χ4n) is 3.94. The molecule has 1 fully saturated rings. The lowest BCUT2D eigenvalue weighted by Gasteiger charge is -2.11. The van der Waals surface area contributed by atoms with Crippen LogP contribution in [0.3, 0.4) is 0 Å². The quantitative estimate of drug-likeness (QED) is 0.581. The minimum Gasteiger partial charge on any atom is -0.376 e. The van der Waals surface area contributed by atoms with Gasteiger partial charge in [-0.3, -0.25) is 4.79 Å². The molecule has 0 radical (unpaired) electrons. The predicted octanol–water partition coefficient (Wildman–Crippen LogP) is 3.42. The monoisotopic (exact) mass is 374 g/mol. The van der Waals surface area contributed by atoms with Crippen LogP contribution >= 0.6 is 0 Å². The van der Waals surface area contributed by atoms with Gasteiger partial charge in [-0.15, -0.1) is 0 Å². The summed E-state index contributed by atoms with van der Waals surface area (Å²) in [6.07, 6.45) is 2.66. The van der Waals surface area contributed by atoms with Crippen LogP contribution in [0.2, 0.25) is 0 Å². The van der Waals surface area contributed by atoms with E-state index >= 15 is 0 Å². The van der Waals surface area contributed by atoms with E-state index in [9.17, 15) is 4.79 Å². The molecule has 1 saturated heterocycles. The van der Waals surface area contributed by atoms with Crippen LogP contribution in [-0.4, -0.2) is 39.7 Å². The number of carbonyl (C=O) groups excluding carboxylic acids is 1. The molecule has 0 aliphatic carbocycles. The van der Waals surface area contributed by atoms with Crippen molar-refractivity contribution >= 4 is 39.0 Å². The number of aromatic nitrogens is 3. The van der Waals surface area contributed by atoms with Crippen LogP contribution in [0.25, 0.3) is 33.1 Å². The Morgan fingerprint density at radius 3 is 2.71 bits per heavy atom. The number of ether oxygens (including phenoxy) is 1. The van der Waals surface area contributed by atoms with Gasteiger partial charge in [-0.05, 0) is 31.0 Å². The minimum atomic E-state index is 0.0372. The largest absolute Gasteiger partial charge is 0.376 e. The summed E-state index contributed by atoms with van der Waals surface area (Å²) in [5.41, 5.74) is 4.51. The van der Waals surface area contributed by atoms with Crippen LogP contribution in [0.15, 0.2) is 48.5 Å². The Morgan fingerprint density at radius 1 is 1.11 bits per heavy atom. The van der Waals surface area contributed by atoms with Crippen molar-refractivity contribution in [2.24, 2.45) is 0 Å². The van der Waals surface area contributed by atoms with E-state index < -0.39 is 0 Å². The molecule has 2 aromatic heterocycles. The Kier molecular flexibility index (Phi) is 4.41. The van der Waals surface area contributed by atoms with Gasteiger partial charge in [-0.25, -0.2) is 9.97 Å². The Morgan fingerprint density at radius 2 is 1.89 bits per heavy atom. The highest BCUT2D eigenvalue weighted by Crippen LogP contribution is 2.28. The fourth-order valence-corrected chi connectivity index (χ4v) is 3.94. The number of nitrogens with zero attached hydrogens (tertiary/aromatic N) is 3. The smallest absolute Gasteiger partial charge is 0.221 e. The summed E-state index contributed by atoms with van der Waals surface area (Å²) in [6, 6.07) is 16.0. The maximum Gasteiger partial charge on any atom is 0.221 e. The van der Waals surface area contributed by atoms with Crippen molar-refractivity contribution in [2.45, 2.75) is 31.9 Å². The predicted molar refractivity (Wildman–Crippen MR) is 109 cm³/mol. The van der Waals surface area contributed by atoms with Gasteiger partial charge in [0.2, 0.25) is 5.91 Å². The molecule has 1 aliphatic heterocycles. The highest BCUT2D eigenvalue weighted by Gasteiger charge is 2.17. The summed E-state index contributed by atoms with van der Waals surface area (Å²) in [6.45, 7) is 1.96. The van der Waals surface area contributed by atoms with E-state index in [0.29, 0.717) is 19.5 Å². The van der Waals surface area contributed by atoms with E-state index in [-0.39, 0.29) is 12.0 Å². The first-order valence-corrected chi connectivity index (χ1v) is 9.81. The summed E-state index contributed by atoms with van der Waals surface area (Å²) in [5.74, 6) is 0.0372. The van der Waals surface area contributed by atoms with Crippen molar-refractivity contribution in [3.05, 3.63) is 48.5 Å². The first-order chi connectivity index (χ1) is 13.8. The molecule has 0 saturated carbocycles. The number of para-hydroxylation sites is 3. The molecule has 6 nitrogen and oxygen atoms in total. The third-order valence-corrected chi connectivity index (χ3v) is 5.37. The van der Waals surface area contributed by atoms with Crippen LogP contribution in [0.1, 0.15) is 19.3 Å². The Labute approximate surface area is 162 Å². The van der Waals surface area contributed by atoms with Crippen molar-refractivity contribution in [3.63, 3.8) is 0 Å². The van der Waals surface area contributed by atoms with Gasteiger partial charge in [-0.2, -0.15) is 0 Å². The number of nitrogens with one attached hydrogen (secondary N) is 1. The molecule has 28 heavy (non-hydrogen) atoms. The van der Waals surface area contributed by atoms with Gasteiger partial charge in [0.1, 0.15) is 5.52 Å². The van der Waals surface area contributed by atoms with Gasteiger partial charge in [0, 0.05) is 31.5 Å². The van der Waals surface area contributed by atoms with E-state index in [1.807, 2.05) is 36.4 Å². The molecule has 142 valence electrons. The molecule has 1 N–H and O–H groups in total. The molecule has 1 unspecified atom stereocenters. The third kappa shape index (κ3) is 3.10. The van der Waals surface area contributed by atoms with E-state index in [0.717, 1.165) is 52.5 Å². The van der Waals surface area contributed by atoms with Crippen LogP contribution in [0, 0.1) is 0 Å². The maximum absolute atomic E-state index is 12.4. The van der Waals surface area contributed by atoms with Crippen LogP contribution in [-0.2, 0) is 16.1 Å². The lowest BCUT2D eigenvalue weighted by molar-refractivity contribution is -0.121. The SMILES string of the molecule is O=C(CCn1c2ccccc2c2nc3ccccc3nc21)NCC1CCCO1. The van der Waals surface area contributed by atoms with Crippen molar-refractivity contribution in [2.75, 3.05) is 13.2 Å². The summed E-state index contributed by atoms with van der Waals surface area (Å²) < 4.78 is 7.68. The maximum atomic E-state index is 12.4. The van der Waals surface area contributed by atoms with Crippen molar-refractivity contribution < 1.29 is 9.53 Å². The summed E-state index contributed by atoms with van der Waals surface area (Å²) in [5, 5.41) is 4.06. The minimum absolute atomic E-state index is 0.0372. The second-order valence-corrected chi connectivity index (χ2v) is 7.24. The van der Waals surface area contributed by atoms with E-state index in [4.69, 9.17) is 14.7 Å². The van der Waals surface area contributed by atoms with E-state index in [1.54, 1.807) is 0 Å². The van der Waals surface area contributed by atoms with Gasteiger partial charge < -0.3 is 14.6 Å². The lowest BCUT2D eigenvalue weighted by Crippen LogP contribution is -2.32. The summed E-state index contributed by atoms with van der Waals surface area (Å²) in [7, 11) is 0. The molecular weight excluding hydrogens is 352 g/mol. The zero-order valence-corrected chi connectivity index (χ0v) is 15.6. The molecule has 1 amide bonds. The average Bonchev–Trinajstić information content (AvgIpc) is 3.35. The number of aryl methyl sites for hydroxylation is 1. The Balaban J connectivity index is 1.45. The molecular formula is C22H22N4O2. The molecule has 0 spiro atoms. The number of fused-ring (bicyclic) bond motifs is 4. The van der Waals surface area contributed by atoms with Gasteiger partial charge >= 0.3 is 0 Å². The number of benzene rings is 2. The number of rotatable bonds is 5. The van der Waals surface area contributed by atoms with Crippen LogP contribution in [0.5, 0.6) is 0 Å². The lowest BCUT2D eigenvalue weighted by atomic mass is 10.2. The normalized spacial score (nSPS) is 16.9. The number of amides is 1. The first-order valence-electron chi connectivity index (χ1n) is 9.81. The molecule has 5 rings (SSSR count). The van der Waals surface area contributed by atoms with Gasteiger partial charge in [-0.1, -0.05) is 30.3 Å². The van der Waals surface area contributed by atoms with Crippen LogP contribution in [0.4, 0.5) is 0 Å². The van der Waals surface area contributed by atoms with E-state index in [1.165, 1.54) is 0 Å². The third-order valence-electron chi connectivity index (χ3n) is 5.37. The Bertz CT molecular complexity index is 1160. The van der Waals surface area contributed by atoms with Gasteiger partial charge in [0.25, 0.3) is 0 Å². The summed E-state index contributed by atoms with van der Waals surface area (Å²) >= 11 is 0. The zero-order chi connectivity index (χ0) is 18.9. The van der Waals surface area contributed by atoms with E-state index in [2.05, 4.69) is 22.0 Å². The molecule has 6 heteroatoms. The topological polar surface area (TPSA) is 69.0 Å². The number of carbonyl (C=O) groups is 1. The first kappa shape index (κ1) is 17.1. The fraction of sp³-hybridized carbons (Fsp3) is 0.318. The van der Waals surface area contributed by atoms with Gasteiger partial charge in [0.05, 0.1) is 22.7 Å². The molecule has 1 atom stereocenters. The van der Waals surface area contributed by atoms with Crippen molar-refractivity contribution in [1.29, 1.82) is 0 Å². The molecule has 1 aliphatic rings. The van der Waals surface area contributed by atoms with Crippen molar-refractivity contribution in [1.82, 2.24) is 19.9 Å².